The van der Waals surface area contributed by atoms with E-state index in [1.54, 1.807) is 0 Å². The molecule has 2 aromatic carbocycles. The molecule has 0 heterocycles. The van der Waals surface area contributed by atoms with Gasteiger partial charge in [0.25, 0.3) is 0 Å². The van der Waals surface area contributed by atoms with Gasteiger partial charge in [-0.05, 0) is 48.2 Å². The van der Waals surface area contributed by atoms with Gasteiger partial charge in [0, 0.05) is 17.9 Å². The Labute approximate surface area is 123 Å². The third kappa shape index (κ3) is 3.91. The second-order valence-electron chi connectivity index (χ2n) is 4.88. The first-order valence-corrected chi connectivity index (χ1v) is 6.94. The largest absolute Gasteiger partial charge is 0.299 e. The van der Waals surface area contributed by atoms with Crippen molar-refractivity contribution in [1.29, 1.82) is 0 Å². The summed E-state index contributed by atoms with van der Waals surface area (Å²) >= 11 is 5.82. The molecule has 104 valence electrons. The molecule has 0 saturated carbocycles. The van der Waals surface area contributed by atoms with Crippen LogP contribution in [0, 0.1) is 12.7 Å². The van der Waals surface area contributed by atoms with Crippen LogP contribution in [0.3, 0.4) is 0 Å². The Balaban J connectivity index is 1.96. The summed E-state index contributed by atoms with van der Waals surface area (Å²) in [7, 11) is 0. The van der Waals surface area contributed by atoms with Crippen LogP contribution < -0.4 is 0 Å². The van der Waals surface area contributed by atoms with E-state index in [1.807, 2.05) is 31.2 Å². The van der Waals surface area contributed by atoms with E-state index in [-0.39, 0.29) is 18.0 Å². The number of aryl methyl sites for hydroxylation is 2. The molecule has 0 unspecified atom stereocenters. The van der Waals surface area contributed by atoms with Crippen LogP contribution in [0.15, 0.2) is 42.5 Å². The molecule has 0 aromatic heterocycles. The Morgan fingerprint density at radius 2 is 1.90 bits per heavy atom. The Hall–Kier alpha value is -1.67. The highest BCUT2D eigenvalue weighted by Crippen LogP contribution is 2.17. The van der Waals surface area contributed by atoms with E-state index in [1.165, 1.54) is 23.8 Å². The smallest absolute Gasteiger partial charge is 0.137 e. The van der Waals surface area contributed by atoms with Crippen LogP contribution in [0.2, 0.25) is 5.02 Å². The topological polar surface area (TPSA) is 17.1 Å². The molecule has 0 N–H and O–H groups in total. The van der Waals surface area contributed by atoms with Crippen molar-refractivity contribution in [2.75, 3.05) is 0 Å². The lowest BCUT2D eigenvalue weighted by Crippen LogP contribution is -2.06. The highest BCUT2D eigenvalue weighted by molar-refractivity contribution is 6.30. The predicted molar refractivity (Wildman–Crippen MR) is 79.6 cm³/mol. The summed E-state index contributed by atoms with van der Waals surface area (Å²) in [6.07, 6.45) is 1.20. The third-order valence-corrected chi connectivity index (χ3v) is 3.56. The van der Waals surface area contributed by atoms with Crippen LogP contribution >= 0.6 is 11.6 Å². The number of benzene rings is 2. The fraction of sp³-hybridized carbons (Fsp3) is 0.235. The van der Waals surface area contributed by atoms with Gasteiger partial charge in [-0.15, -0.1) is 0 Å². The third-order valence-electron chi connectivity index (χ3n) is 3.33. The van der Waals surface area contributed by atoms with Gasteiger partial charge in [-0.3, -0.25) is 4.79 Å². The first kappa shape index (κ1) is 14.7. The second-order valence-corrected chi connectivity index (χ2v) is 5.31. The first-order valence-electron chi connectivity index (χ1n) is 6.56. The fourth-order valence-corrected chi connectivity index (χ4v) is 2.34. The average Bonchev–Trinajstić information content (AvgIpc) is 2.42. The number of carbonyl (C=O) groups is 1. The molecule has 3 heteroatoms. The molecular formula is C17H16ClFO. The summed E-state index contributed by atoms with van der Waals surface area (Å²) in [5, 5.41) is 0.452. The van der Waals surface area contributed by atoms with Crippen molar-refractivity contribution >= 4 is 17.4 Å². The molecule has 1 nitrogen and oxygen atoms in total. The maximum absolute atomic E-state index is 13.5. The number of hydrogen-bond donors (Lipinski definition) is 0. The van der Waals surface area contributed by atoms with Crippen molar-refractivity contribution in [2.45, 2.75) is 26.2 Å². The predicted octanol–water partition coefficient (Wildman–Crippen LogP) is 4.53. The zero-order valence-electron chi connectivity index (χ0n) is 11.3. The van der Waals surface area contributed by atoms with Gasteiger partial charge in [0.2, 0.25) is 0 Å². The minimum absolute atomic E-state index is 0.0226. The van der Waals surface area contributed by atoms with Crippen LogP contribution in [-0.4, -0.2) is 5.78 Å². The first-order chi connectivity index (χ1) is 9.56. The van der Waals surface area contributed by atoms with Crippen molar-refractivity contribution in [2.24, 2.45) is 0 Å². The number of ketones is 1. The molecular weight excluding hydrogens is 275 g/mol. The summed E-state index contributed by atoms with van der Waals surface area (Å²) in [5.41, 5.74) is 2.70. The van der Waals surface area contributed by atoms with Gasteiger partial charge in [-0.25, -0.2) is 4.39 Å². The molecule has 0 bridgehead atoms. The van der Waals surface area contributed by atoms with E-state index in [0.717, 1.165) is 5.56 Å². The maximum Gasteiger partial charge on any atom is 0.137 e. The van der Waals surface area contributed by atoms with Crippen LogP contribution in [-0.2, 0) is 17.6 Å². The van der Waals surface area contributed by atoms with E-state index >= 15 is 0 Å². The lowest BCUT2D eigenvalue weighted by molar-refractivity contribution is -0.118. The van der Waals surface area contributed by atoms with Gasteiger partial charge in [0.15, 0.2) is 0 Å². The highest BCUT2D eigenvalue weighted by atomic mass is 35.5. The molecule has 0 amide bonds. The molecule has 0 aliphatic carbocycles. The SMILES string of the molecule is Cc1ccccc1CCC(=O)Cc1cc(Cl)ccc1F. The average molecular weight is 291 g/mol. The van der Waals surface area contributed by atoms with Crippen LogP contribution in [0.1, 0.15) is 23.1 Å². The van der Waals surface area contributed by atoms with Crippen molar-refractivity contribution in [1.82, 2.24) is 0 Å². The lowest BCUT2D eigenvalue weighted by Gasteiger charge is -2.06. The van der Waals surface area contributed by atoms with E-state index in [2.05, 4.69) is 0 Å². The number of hydrogen-bond acceptors (Lipinski definition) is 1. The van der Waals surface area contributed by atoms with Crippen LogP contribution in [0.25, 0.3) is 0 Å². The Bertz CT molecular complexity index is 622. The molecule has 0 aliphatic rings. The van der Waals surface area contributed by atoms with Gasteiger partial charge >= 0.3 is 0 Å². The van der Waals surface area contributed by atoms with Gasteiger partial charge in [0.05, 0.1) is 0 Å². The molecule has 2 aromatic rings. The number of carbonyl (C=O) groups excluding carboxylic acids is 1. The zero-order chi connectivity index (χ0) is 14.5. The van der Waals surface area contributed by atoms with Gasteiger partial charge in [-0.1, -0.05) is 35.9 Å². The molecule has 0 saturated heterocycles. The molecule has 0 aliphatic heterocycles. The standard InChI is InChI=1S/C17H16ClFO/c1-12-4-2-3-5-13(12)6-8-16(20)11-14-10-15(18)7-9-17(14)19/h2-5,7,9-10H,6,8,11H2,1H3. The number of rotatable bonds is 5. The summed E-state index contributed by atoms with van der Waals surface area (Å²) in [6, 6.07) is 12.3. The zero-order valence-corrected chi connectivity index (χ0v) is 12.1. The Morgan fingerprint density at radius 3 is 2.65 bits per heavy atom. The minimum Gasteiger partial charge on any atom is -0.299 e. The van der Waals surface area contributed by atoms with E-state index in [4.69, 9.17) is 11.6 Å². The Morgan fingerprint density at radius 1 is 1.15 bits per heavy atom. The number of Topliss-reactive ketones (excluding diaryl/α,β-unsaturated/α-hetero) is 1. The van der Waals surface area contributed by atoms with Gasteiger partial charge in [0.1, 0.15) is 11.6 Å². The Kier molecular flexibility index (Phi) is 4.91. The van der Waals surface area contributed by atoms with Crippen molar-refractivity contribution in [3.63, 3.8) is 0 Å². The molecule has 0 radical (unpaired) electrons. The minimum atomic E-state index is -0.376. The van der Waals surface area contributed by atoms with E-state index in [0.29, 0.717) is 23.4 Å². The van der Waals surface area contributed by atoms with Gasteiger partial charge < -0.3 is 0 Å². The summed E-state index contributed by atoms with van der Waals surface area (Å²) < 4.78 is 13.5. The maximum atomic E-state index is 13.5. The molecule has 2 rings (SSSR count). The van der Waals surface area contributed by atoms with Crippen molar-refractivity contribution in [3.05, 3.63) is 70.0 Å². The summed E-state index contributed by atoms with van der Waals surface area (Å²) in [5.74, 6) is -0.354. The number of halogens is 2. The van der Waals surface area contributed by atoms with Crippen molar-refractivity contribution in [3.8, 4) is 0 Å². The fourth-order valence-electron chi connectivity index (χ4n) is 2.14. The highest BCUT2D eigenvalue weighted by Gasteiger charge is 2.10. The van der Waals surface area contributed by atoms with E-state index in [9.17, 15) is 9.18 Å². The quantitative estimate of drug-likeness (QED) is 0.790. The lowest BCUT2D eigenvalue weighted by atomic mass is 9.99. The van der Waals surface area contributed by atoms with Crippen LogP contribution in [0.4, 0.5) is 4.39 Å². The van der Waals surface area contributed by atoms with E-state index < -0.39 is 0 Å². The molecule has 20 heavy (non-hydrogen) atoms. The summed E-state index contributed by atoms with van der Waals surface area (Å²) in [4.78, 5) is 12.0. The summed E-state index contributed by atoms with van der Waals surface area (Å²) in [6.45, 7) is 2.02. The molecule has 0 spiro atoms. The van der Waals surface area contributed by atoms with Crippen LogP contribution in [0.5, 0.6) is 0 Å². The monoisotopic (exact) mass is 290 g/mol. The van der Waals surface area contributed by atoms with Crippen molar-refractivity contribution < 1.29 is 9.18 Å². The van der Waals surface area contributed by atoms with Gasteiger partial charge in [-0.2, -0.15) is 0 Å². The second kappa shape index (κ2) is 6.67. The normalized spacial score (nSPS) is 10.6. The molecule has 0 fully saturated rings. The molecule has 0 atom stereocenters.